The summed E-state index contributed by atoms with van der Waals surface area (Å²) >= 11 is 0. The third kappa shape index (κ3) is 2.36. The number of aliphatic hydroxyl groups is 3. The summed E-state index contributed by atoms with van der Waals surface area (Å²) in [5, 5.41) is 29.1. The van der Waals surface area contributed by atoms with Gasteiger partial charge in [-0.25, -0.2) is 4.79 Å². The van der Waals surface area contributed by atoms with Gasteiger partial charge in [0, 0.05) is 12.3 Å². The predicted octanol–water partition coefficient (Wildman–Crippen LogP) is -4.00. The molecule has 0 radical (unpaired) electrons. The fraction of sp³-hybridized carbons (Fsp3) is 0.500. The van der Waals surface area contributed by atoms with Crippen LogP contribution in [0.15, 0.2) is 21.9 Å². The van der Waals surface area contributed by atoms with E-state index in [2.05, 4.69) is 0 Å². The van der Waals surface area contributed by atoms with Crippen molar-refractivity contribution in [1.82, 2.24) is 9.55 Å². The van der Waals surface area contributed by atoms with Gasteiger partial charge in [0.2, 0.25) is 5.91 Å². The molecule has 1 fully saturated rings. The Morgan fingerprint density at radius 2 is 1.90 bits per heavy atom. The van der Waals surface area contributed by atoms with Crippen LogP contribution in [0.4, 0.5) is 0 Å². The molecule has 20 heavy (non-hydrogen) atoms. The van der Waals surface area contributed by atoms with Gasteiger partial charge in [0.15, 0.2) is 12.3 Å². The van der Waals surface area contributed by atoms with Crippen LogP contribution in [-0.2, 0) is 9.53 Å². The number of rotatable bonds is 2. The summed E-state index contributed by atoms with van der Waals surface area (Å²) in [7, 11) is 0. The first kappa shape index (κ1) is 14.4. The van der Waals surface area contributed by atoms with E-state index in [1.807, 2.05) is 4.98 Å². The molecule has 0 aliphatic carbocycles. The SMILES string of the molecule is NC(=O)[C@H]1O[C@@H](n2ccc(=O)[nH]c2=O)[C@H](O)[C@@H](O)[C@@H]1O. The second-order valence-electron chi connectivity index (χ2n) is 4.34. The highest BCUT2D eigenvalue weighted by molar-refractivity contribution is 5.79. The molecule has 6 N–H and O–H groups in total. The molecule has 0 unspecified atom stereocenters. The Labute approximate surface area is 111 Å². The van der Waals surface area contributed by atoms with Crippen molar-refractivity contribution < 1.29 is 24.9 Å². The molecular formula is C10H13N3O7. The summed E-state index contributed by atoms with van der Waals surface area (Å²) in [6.45, 7) is 0. The fourth-order valence-corrected chi connectivity index (χ4v) is 1.95. The molecular weight excluding hydrogens is 274 g/mol. The van der Waals surface area contributed by atoms with Gasteiger partial charge in [0.05, 0.1) is 0 Å². The number of nitrogens with one attached hydrogen (secondary N) is 1. The average molecular weight is 287 g/mol. The number of nitrogens with two attached hydrogens (primary N) is 1. The van der Waals surface area contributed by atoms with Gasteiger partial charge in [-0.05, 0) is 0 Å². The Hall–Kier alpha value is -2.01. The number of primary amides is 1. The molecule has 5 atom stereocenters. The molecule has 1 aromatic heterocycles. The Bertz CT molecular complexity index is 624. The number of carbonyl (C=O) groups is 1. The minimum absolute atomic E-state index is 0.663. The van der Waals surface area contributed by atoms with Crippen molar-refractivity contribution in [1.29, 1.82) is 0 Å². The minimum atomic E-state index is -1.75. The third-order valence-corrected chi connectivity index (χ3v) is 2.99. The maximum absolute atomic E-state index is 11.6. The van der Waals surface area contributed by atoms with Crippen molar-refractivity contribution in [2.75, 3.05) is 0 Å². The smallest absolute Gasteiger partial charge is 0.330 e. The van der Waals surface area contributed by atoms with Crippen molar-refractivity contribution in [3.8, 4) is 0 Å². The van der Waals surface area contributed by atoms with Crippen molar-refractivity contribution >= 4 is 5.91 Å². The summed E-state index contributed by atoms with van der Waals surface area (Å²) in [6.07, 6.45) is -7.21. The number of carbonyl (C=O) groups excluding carboxylic acids is 1. The number of H-pyrrole nitrogens is 1. The van der Waals surface area contributed by atoms with Gasteiger partial charge in [0.1, 0.15) is 18.3 Å². The monoisotopic (exact) mass is 287 g/mol. The Morgan fingerprint density at radius 3 is 2.45 bits per heavy atom. The first-order valence-electron chi connectivity index (χ1n) is 5.63. The molecule has 0 bridgehead atoms. The van der Waals surface area contributed by atoms with Crippen molar-refractivity contribution in [3.63, 3.8) is 0 Å². The van der Waals surface area contributed by atoms with E-state index in [4.69, 9.17) is 10.5 Å². The van der Waals surface area contributed by atoms with E-state index < -0.39 is 47.8 Å². The summed E-state index contributed by atoms with van der Waals surface area (Å²) in [6, 6.07) is 0.994. The van der Waals surface area contributed by atoms with Crippen molar-refractivity contribution in [2.24, 2.45) is 5.73 Å². The van der Waals surface area contributed by atoms with Gasteiger partial charge in [-0.15, -0.1) is 0 Å². The fourth-order valence-electron chi connectivity index (χ4n) is 1.95. The van der Waals surface area contributed by atoms with Crippen LogP contribution in [0.5, 0.6) is 0 Å². The van der Waals surface area contributed by atoms with Crippen LogP contribution in [0, 0.1) is 0 Å². The van der Waals surface area contributed by atoms with Crippen LogP contribution in [0.25, 0.3) is 0 Å². The molecule has 1 amide bonds. The van der Waals surface area contributed by atoms with Crippen LogP contribution in [0.1, 0.15) is 6.23 Å². The number of hydrogen-bond acceptors (Lipinski definition) is 7. The van der Waals surface area contributed by atoms with Crippen LogP contribution < -0.4 is 17.0 Å². The second-order valence-corrected chi connectivity index (χ2v) is 4.34. The first-order valence-corrected chi connectivity index (χ1v) is 5.63. The number of ether oxygens (including phenoxy) is 1. The molecule has 1 aromatic rings. The number of aliphatic hydroxyl groups excluding tert-OH is 3. The molecule has 10 nitrogen and oxygen atoms in total. The molecule has 2 heterocycles. The largest absolute Gasteiger partial charge is 0.387 e. The zero-order valence-corrected chi connectivity index (χ0v) is 10.0. The summed E-state index contributed by atoms with van der Waals surface area (Å²) in [5.41, 5.74) is 3.43. The van der Waals surface area contributed by atoms with E-state index in [0.717, 1.165) is 16.8 Å². The van der Waals surface area contributed by atoms with Crippen LogP contribution >= 0.6 is 0 Å². The number of aromatic nitrogens is 2. The van der Waals surface area contributed by atoms with Gasteiger partial charge in [-0.3, -0.25) is 19.1 Å². The van der Waals surface area contributed by atoms with Crippen molar-refractivity contribution in [2.45, 2.75) is 30.6 Å². The Balaban J connectivity index is 2.42. The van der Waals surface area contributed by atoms with E-state index in [9.17, 15) is 29.7 Å². The average Bonchev–Trinajstić information content (AvgIpc) is 2.37. The number of nitrogens with zero attached hydrogens (tertiary/aromatic N) is 1. The van der Waals surface area contributed by atoms with Gasteiger partial charge < -0.3 is 25.8 Å². The molecule has 0 spiro atoms. The highest BCUT2D eigenvalue weighted by atomic mass is 16.6. The number of hydrogen-bond donors (Lipinski definition) is 5. The van der Waals surface area contributed by atoms with E-state index >= 15 is 0 Å². The van der Waals surface area contributed by atoms with Gasteiger partial charge in [0.25, 0.3) is 5.56 Å². The molecule has 2 rings (SSSR count). The predicted molar refractivity (Wildman–Crippen MR) is 62.4 cm³/mol. The summed E-state index contributed by atoms with van der Waals surface area (Å²) in [5.74, 6) is -1.06. The Kier molecular flexibility index (Phi) is 3.72. The molecule has 1 aliphatic heterocycles. The lowest BCUT2D eigenvalue weighted by Crippen LogP contribution is -2.60. The van der Waals surface area contributed by atoms with E-state index in [0.29, 0.717) is 0 Å². The van der Waals surface area contributed by atoms with Gasteiger partial charge >= 0.3 is 5.69 Å². The molecule has 1 saturated heterocycles. The van der Waals surface area contributed by atoms with E-state index in [1.165, 1.54) is 0 Å². The lowest BCUT2D eigenvalue weighted by atomic mass is 9.97. The molecule has 10 heteroatoms. The molecule has 1 aliphatic rings. The minimum Gasteiger partial charge on any atom is -0.387 e. The maximum atomic E-state index is 11.6. The standard InChI is InChI=1S/C10H13N3O7/c11-8(18)7-5(16)4(15)6(17)9(20-7)13-2-1-3(14)12-10(13)19/h1-2,4-7,9,15-17H,(H2,11,18)(H,12,14,19)/t4-,5-,6+,7-,9+/m0/s1. The molecule has 0 saturated carbocycles. The normalized spacial score (nSPS) is 33.9. The maximum Gasteiger partial charge on any atom is 0.330 e. The van der Waals surface area contributed by atoms with E-state index in [-0.39, 0.29) is 0 Å². The Morgan fingerprint density at radius 1 is 1.25 bits per heavy atom. The number of amides is 1. The lowest BCUT2D eigenvalue weighted by Gasteiger charge is -2.39. The third-order valence-electron chi connectivity index (χ3n) is 2.99. The summed E-state index contributed by atoms with van der Waals surface area (Å²) in [4.78, 5) is 35.6. The molecule has 110 valence electrons. The highest BCUT2D eigenvalue weighted by Crippen LogP contribution is 2.26. The topological polar surface area (TPSA) is 168 Å². The highest BCUT2D eigenvalue weighted by Gasteiger charge is 2.47. The zero-order chi connectivity index (χ0) is 15.0. The lowest BCUT2D eigenvalue weighted by molar-refractivity contribution is -0.240. The van der Waals surface area contributed by atoms with E-state index in [1.54, 1.807) is 0 Å². The summed E-state index contributed by atoms with van der Waals surface area (Å²) < 4.78 is 5.83. The number of aromatic amines is 1. The van der Waals surface area contributed by atoms with Gasteiger partial charge in [-0.2, -0.15) is 0 Å². The first-order chi connectivity index (χ1) is 9.32. The van der Waals surface area contributed by atoms with Crippen LogP contribution in [0.3, 0.4) is 0 Å². The van der Waals surface area contributed by atoms with Gasteiger partial charge in [-0.1, -0.05) is 0 Å². The van der Waals surface area contributed by atoms with Crippen molar-refractivity contribution in [3.05, 3.63) is 33.1 Å². The second kappa shape index (κ2) is 5.17. The van der Waals surface area contributed by atoms with Crippen LogP contribution in [0.2, 0.25) is 0 Å². The zero-order valence-electron chi connectivity index (χ0n) is 10.0. The molecule has 0 aromatic carbocycles. The quantitative estimate of drug-likeness (QED) is 0.369. The van der Waals surface area contributed by atoms with Crippen LogP contribution in [-0.4, -0.2) is 55.2 Å².